The van der Waals surface area contributed by atoms with Crippen LogP contribution in [0.25, 0.3) is 0 Å². The number of nitrogens with one attached hydrogen (secondary N) is 4. The zero-order valence-electron chi connectivity index (χ0n) is 21.8. The van der Waals surface area contributed by atoms with E-state index in [1.165, 1.54) is 6.33 Å². The van der Waals surface area contributed by atoms with Gasteiger partial charge in [0.25, 0.3) is 5.91 Å². The highest BCUT2D eigenvalue weighted by Gasteiger charge is 2.29. The summed E-state index contributed by atoms with van der Waals surface area (Å²) in [6, 6.07) is 11.7. The van der Waals surface area contributed by atoms with Crippen molar-refractivity contribution in [2.45, 2.75) is 12.3 Å². The highest BCUT2D eigenvalue weighted by atomic mass is 35.5. The Bertz CT molecular complexity index is 1370. The van der Waals surface area contributed by atoms with Gasteiger partial charge in [0.2, 0.25) is 0 Å². The second-order valence-electron chi connectivity index (χ2n) is 9.71. The van der Waals surface area contributed by atoms with Gasteiger partial charge in [-0.15, -0.1) is 0 Å². The molecule has 1 atom stereocenters. The lowest BCUT2D eigenvalue weighted by Gasteiger charge is -2.24. The number of aromatic nitrogens is 2. The summed E-state index contributed by atoms with van der Waals surface area (Å²) in [6.45, 7) is 2.88. The number of hydrogen-bond acceptors (Lipinski definition) is 8. The molecule has 2 aromatic carbocycles. The first-order chi connectivity index (χ1) is 18.9. The van der Waals surface area contributed by atoms with Crippen LogP contribution in [0.15, 0.2) is 48.8 Å². The molecule has 0 aliphatic carbocycles. The van der Waals surface area contributed by atoms with E-state index in [4.69, 9.17) is 16.3 Å². The Morgan fingerprint density at radius 3 is 2.79 bits per heavy atom. The third kappa shape index (κ3) is 6.50. The van der Waals surface area contributed by atoms with Crippen LogP contribution in [-0.2, 0) is 4.79 Å². The predicted octanol–water partition coefficient (Wildman–Crippen LogP) is 4.20. The fourth-order valence-electron chi connectivity index (χ4n) is 4.73. The second kappa shape index (κ2) is 11.7. The van der Waals surface area contributed by atoms with Crippen LogP contribution < -0.4 is 26.0 Å². The molecule has 5 rings (SSSR count). The minimum absolute atomic E-state index is 0.153. The first-order valence-corrected chi connectivity index (χ1v) is 13.1. The molecule has 204 valence electrons. The average Bonchev–Trinajstić information content (AvgIpc) is 3.31. The van der Waals surface area contributed by atoms with E-state index in [1.54, 1.807) is 48.3 Å². The van der Waals surface area contributed by atoms with Crippen molar-refractivity contribution < 1.29 is 14.3 Å². The predicted molar refractivity (Wildman–Crippen MR) is 152 cm³/mol. The topological polar surface area (TPSA) is 124 Å². The Kier molecular flexibility index (Phi) is 7.99. The van der Waals surface area contributed by atoms with Crippen LogP contribution in [0.2, 0.25) is 5.02 Å². The van der Waals surface area contributed by atoms with Crippen LogP contribution >= 0.6 is 11.6 Å². The Balaban J connectivity index is 1.43. The molecule has 11 nitrogen and oxygen atoms in total. The normalized spacial score (nSPS) is 17.9. The molecular formula is C27H31ClN8O3. The Hall–Kier alpha value is -4.09. The summed E-state index contributed by atoms with van der Waals surface area (Å²) in [5.41, 5.74) is 2.68. The molecule has 1 aromatic heterocycles. The maximum atomic E-state index is 12.8. The lowest BCUT2D eigenvalue weighted by molar-refractivity contribution is -0.132. The van der Waals surface area contributed by atoms with Crippen LogP contribution in [0.3, 0.4) is 0 Å². The van der Waals surface area contributed by atoms with Crippen LogP contribution in [0, 0.1) is 0 Å². The number of anilines is 5. The monoisotopic (exact) mass is 550 g/mol. The van der Waals surface area contributed by atoms with Gasteiger partial charge in [-0.3, -0.25) is 4.79 Å². The van der Waals surface area contributed by atoms with Gasteiger partial charge in [0, 0.05) is 60.6 Å². The first kappa shape index (κ1) is 26.5. The van der Waals surface area contributed by atoms with E-state index >= 15 is 0 Å². The van der Waals surface area contributed by atoms with Gasteiger partial charge >= 0.3 is 6.03 Å². The maximum absolute atomic E-state index is 12.8. The van der Waals surface area contributed by atoms with Gasteiger partial charge in [-0.05, 0) is 50.3 Å². The van der Waals surface area contributed by atoms with Crippen molar-refractivity contribution >= 4 is 52.2 Å². The highest BCUT2D eigenvalue weighted by molar-refractivity contribution is 6.30. The summed E-state index contributed by atoms with van der Waals surface area (Å²) < 4.78 is 5.95. The average molecular weight is 551 g/mol. The third-order valence-corrected chi connectivity index (χ3v) is 6.96. The number of urea groups is 1. The lowest BCUT2D eigenvalue weighted by Crippen LogP contribution is -2.34. The van der Waals surface area contributed by atoms with Gasteiger partial charge in [0.1, 0.15) is 23.7 Å². The van der Waals surface area contributed by atoms with Crippen molar-refractivity contribution in [1.82, 2.24) is 19.8 Å². The van der Waals surface area contributed by atoms with Gasteiger partial charge in [-0.25, -0.2) is 14.8 Å². The molecule has 0 spiro atoms. The standard InChI is InChI=1S/C27H31ClN8O3/c1-35-9-4-10-36(2)23(37)15-39-22-12-20(32-26-24-17(14-35)13-29-25(24)30-16-31-26)7-8-21(22)34-27(38)33-19-6-3-5-18(28)11-19/h3,5-8,11-12,16-17H,4,9-10,13-15H2,1-2H3,(H2,33,34,38)(H2,29,30,31,32). The van der Waals surface area contributed by atoms with E-state index < -0.39 is 6.03 Å². The molecule has 0 radical (unpaired) electrons. The maximum Gasteiger partial charge on any atom is 0.323 e. The quantitative estimate of drug-likeness (QED) is 0.374. The molecule has 0 fully saturated rings. The lowest BCUT2D eigenvalue weighted by atomic mass is 10.0. The summed E-state index contributed by atoms with van der Waals surface area (Å²) in [7, 11) is 3.86. The van der Waals surface area contributed by atoms with Crippen LogP contribution in [0.4, 0.5) is 33.5 Å². The van der Waals surface area contributed by atoms with Crippen molar-refractivity contribution in [3.05, 3.63) is 59.4 Å². The van der Waals surface area contributed by atoms with Crippen molar-refractivity contribution in [1.29, 1.82) is 0 Å². The molecule has 4 N–H and O–H groups in total. The second-order valence-corrected chi connectivity index (χ2v) is 10.1. The number of nitrogens with zero attached hydrogens (tertiary/aromatic N) is 4. The number of amides is 3. The van der Waals surface area contributed by atoms with Crippen molar-refractivity contribution in [2.24, 2.45) is 0 Å². The minimum atomic E-state index is -0.472. The summed E-state index contributed by atoms with van der Waals surface area (Å²) in [4.78, 5) is 38.4. The zero-order chi connectivity index (χ0) is 27.4. The minimum Gasteiger partial charge on any atom is -0.482 e. The number of hydrogen-bond donors (Lipinski definition) is 4. The molecule has 12 heteroatoms. The Labute approximate surface area is 231 Å². The van der Waals surface area contributed by atoms with Crippen molar-refractivity contribution in [3.8, 4) is 5.75 Å². The number of fused-ring (bicyclic) bond motifs is 2. The summed E-state index contributed by atoms with van der Waals surface area (Å²) in [5.74, 6) is 1.92. The van der Waals surface area contributed by atoms with E-state index in [-0.39, 0.29) is 18.4 Å². The number of carbonyl (C=O) groups excluding carboxylic acids is 2. The summed E-state index contributed by atoms with van der Waals surface area (Å²) in [6.07, 6.45) is 2.36. The molecule has 39 heavy (non-hydrogen) atoms. The summed E-state index contributed by atoms with van der Waals surface area (Å²) in [5, 5.41) is 12.8. The van der Waals surface area contributed by atoms with E-state index in [1.807, 2.05) is 6.07 Å². The molecule has 3 heterocycles. The molecule has 3 amide bonds. The van der Waals surface area contributed by atoms with Crippen molar-refractivity contribution in [2.75, 3.05) is 68.1 Å². The molecule has 0 saturated heterocycles. The fraction of sp³-hybridized carbons (Fsp3) is 0.333. The van der Waals surface area contributed by atoms with E-state index in [2.05, 4.69) is 43.2 Å². The van der Waals surface area contributed by atoms with Crippen LogP contribution in [0.5, 0.6) is 5.75 Å². The third-order valence-electron chi connectivity index (χ3n) is 6.73. The summed E-state index contributed by atoms with van der Waals surface area (Å²) >= 11 is 6.03. The number of ether oxygens (including phenoxy) is 1. The first-order valence-electron chi connectivity index (χ1n) is 12.7. The Morgan fingerprint density at radius 1 is 1.10 bits per heavy atom. The van der Waals surface area contributed by atoms with Gasteiger partial charge in [0.15, 0.2) is 6.61 Å². The Morgan fingerprint density at radius 2 is 1.95 bits per heavy atom. The van der Waals surface area contributed by atoms with Gasteiger partial charge in [-0.2, -0.15) is 0 Å². The zero-order valence-corrected chi connectivity index (χ0v) is 22.6. The van der Waals surface area contributed by atoms with E-state index in [0.717, 1.165) is 37.4 Å². The van der Waals surface area contributed by atoms with Gasteiger partial charge in [-0.1, -0.05) is 17.7 Å². The van der Waals surface area contributed by atoms with Gasteiger partial charge < -0.3 is 35.8 Å². The number of halogens is 1. The number of likely N-dealkylation sites (N-methyl/N-ethyl adjacent to an activating group) is 2. The molecule has 2 aliphatic rings. The van der Waals surface area contributed by atoms with Gasteiger partial charge in [0.05, 0.1) is 5.69 Å². The van der Waals surface area contributed by atoms with Crippen LogP contribution in [0.1, 0.15) is 17.9 Å². The molecule has 2 bridgehead atoms. The number of carbonyl (C=O) groups is 2. The molecule has 1 unspecified atom stereocenters. The number of rotatable bonds is 2. The SMILES string of the molecule is CN1CCCN(C)C(=O)COc2cc(ccc2NC(=O)Nc2cccc(Cl)c2)Nc2ncnc3c2C(CN3)C1. The van der Waals surface area contributed by atoms with Crippen LogP contribution in [-0.4, -0.2) is 78.6 Å². The van der Waals surface area contributed by atoms with E-state index in [0.29, 0.717) is 40.2 Å². The fourth-order valence-corrected chi connectivity index (χ4v) is 4.92. The van der Waals surface area contributed by atoms with Crippen molar-refractivity contribution in [3.63, 3.8) is 0 Å². The molecule has 0 saturated carbocycles. The highest BCUT2D eigenvalue weighted by Crippen LogP contribution is 2.37. The molecule has 2 aliphatic heterocycles. The molecule has 3 aromatic rings. The largest absolute Gasteiger partial charge is 0.482 e. The molecular weight excluding hydrogens is 520 g/mol. The van der Waals surface area contributed by atoms with E-state index in [9.17, 15) is 9.59 Å². The smallest absolute Gasteiger partial charge is 0.323 e. The number of benzene rings is 2.